The lowest BCUT2D eigenvalue weighted by Crippen LogP contribution is -2.38. The summed E-state index contributed by atoms with van der Waals surface area (Å²) in [7, 11) is 3.17. The number of amides is 2. The third-order valence-corrected chi connectivity index (χ3v) is 6.33. The van der Waals surface area contributed by atoms with Gasteiger partial charge in [0.25, 0.3) is 5.91 Å². The lowest BCUT2D eigenvalue weighted by atomic mass is 9.89. The molecule has 0 spiro atoms. The summed E-state index contributed by atoms with van der Waals surface area (Å²) in [5.74, 6) is 1.22. The summed E-state index contributed by atoms with van der Waals surface area (Å²) < 4.78 is 10.8. The second-order valence-corrected chi connectivity index (χ2v) is 8.52. The van der Waals surface area contributed by atoms with Crippen molar-refractivity contribution < 1.29 is 19.1 Å². The van der Waals surface area contributed by atoms with Gasteiger partial charge in [0.15, 0.2) is 11.5 Å². The molecular weight excluding hydrogens is 430 g/mol. The number of para-hydroxylation sites is 1. The fraction of sp³-hybridized carbons (Fsp3) is 0.370. The number of nitrogens with one attached hydrogen (secondary N) is 2. The summed E-state index contributed by atoms with van der Waals surface area (Å²) in [4.78, 5) is 30.2. The van der Waals surface area contributed by atoms with Gasteiger partial charge in [0.1, 0.15) is 0 Å². The van der Waals surface area contributed by atoms with Crippen LogP contribution in [0.5, 0.6) is 11.5 Å². The molecule has 1 aliphatic carbocycles. The third kappa shape index (κ3) is 5.30. The Balaban J connectivity index is 1.50. The van der Waals surface area contributed by atoms with Crippen LogP contribution in [0.4, 0.5) is 0 Å². The van der Waals surface area contributed by atoms with Gasteiger partial charge in [0.2, 0.25) is 5.91 Å². The molecule has 2 amide bonds. The first-order chi connectivity index (χ1) is 16.6. The number of pyridine rings is 1. The van der Waals surface area contributed by atoms with Gasteiger partial charge in [0.05, 0.1) is 31.0 Å². The van der Waals surface area contributed by atoms with Crippen LogP contribution in [-0.4, -0.2) is 44.1 Å². The number of carbonyl (C=O) groups excluding carboxylic acids is 2. The van der Waals surface area contributed by atoms with Gasteiger partial charge in [-0.25, -0.2) is 4.98 Å². The Labute approximate surface area is 199 Å². The number of hydrogen-bond acceptors (Lipinski definition) is 5. The molecule has 34 heavy (non-hydrogen) atoms. The highest BCUT2D eigenvalue weighted by Crippen LogP contribution is 2.33. The largest absolute Gasteiger partial charge is 0.493 e. The van der Waals surface area contributed by atoms with Crippen LogP contribution in [-0.2, 0) is 4.79 Å². The van der Waals surface area contributed by atoms with Gasteiger partial charge in [-0.05, 0) is 43.2 Å². The number of hydrogen-bond donors (Lipinski definition) is 2. The van der Waals surface area contributed by atoms with E-state index in [1.165, 1.54) is 6.42 Å². The highest BCUT2D eigenvalue weighted by Gasteiger charge is 2.20. The van der Waals surface area contributed by atoms with E-state index in [-0.39, 0.29) is 17.7 Å². The van der Waals surface area contributed by atoms with Crippen LogP contribution in [0.1, 0.15) is 42.5 Å². The topological polar surface area (TPSA) is 89.6 Å². The van der Waals surface area contributed by atoms with Gasteiger partial charge in [-0.2, -0.15) is 0 Å². The van der Waals surface area contributed by atoms with Crippen molar-refractivity contribution in [3.63, 3.8) is 0 Å². The Morgan fingerprint density at radius 3 is 2.41 bits per heavy atom. The zero-order valence-corrected chi connectivity index (χ0v) is 19.7. The minimum Gasteiger partial charge on any atom is -0.493 e. The number of aromatic nitrogens is 1. The van der Waals surface area contributed by atoms with Crippen molar-refractivity contribution in [2.75, 3.05) is 27.3 Å². The van der Waals surface area contributed by atoms with Crippen molar-refractivity contribution in [1.82, 2.24) is 15.6 Å². The van der Waals surface area contributed by atoms with Crippen LogP contribution >= 0.6 is 0 Å². The number of fused-ring (bicyclic) bond motifs is 1. The minimum atomic E-state index is -0.202. The van der Waals surface area contributed by atoms with Crippen molar-refractivity contribution in [3.8, 4) is 22.8 Å². The summed E-state index contributed by atoms with van der Waals surface area (Å²) in [6.45, 7) is 0.770. The SMILES string of the molecule is COc1ccc(-c2cc(C(=O)NCCNC(=O)C3CCCCC3)c3ccccc3n2)cc1OC. The molecule has 7 heteroatoms. The minimum absolute atomic E-state index is 0.0963. The number of benzene rings is 2. The van der Waals surface area contributed by atoms with E-state index in [1.807, 2.05) is 42.5 Å². The van der Waals surface area contributed by atoms with Crippen molar-refractivity contribution in [2.24, 2.45) is 5.92 Å². The lowest BCUT2D eigenvalue weighted by Gasteiger charge is -2.20. The smallest absolute Gasteiger partial charge is 0.252 e. The van der Waals surface area contributed by atoms with Crippen LogP contribution in [0.3, 0.4) is 0 Å². The highest BCUT2D eigenvalue weighted by atomic mass is 16.5. The molecule has 4 rings (SSSR count). The molecule has 1 aliphatic rings. The molecule has 1 heterocycles. The number of ether oxygens (including phenoxy) is 2. The van der Waals surface area contributed by atoms with Gasteiger partial charge >= 0.3 is 0 Å². The van der Waals surface area contributed by atoms with Crippen LogP contribution in [0, 0.1) is 5.92 Å². The highest BCUT2D eigenvalue weighted by molar-refractivity contribution is 6.07. The van der Waals surface area contributed by atoms with E-state index in [1.54, 1.807) is 20.3 Å². The third-order valence-electron chi connectivity index (χ3n) is 6.33. The second-order valence-electron chi connectivity index (χ2n) is 8.52. The summed E-state index contributed by atoms with van der Waals surface area (Å²) >= 11 is 0. The predicted molar refractivity (Wildman–Crippen MR) is 132 cm³/mol. The monoisotopic (exact) mass is 461 g/mol. The number of nitrogens with zero attached hydrogens (tertiary/aromatic N) is 1. The van der Waals surface area contributed by atoms with E-state index in [9.17, 15) is 9.59 Å². The maximum atomic E-state index is 13.1. The number of methoxy groups -OCH3 is 2. The Morgan fingerprint density at radius 2 is 1.65 bits per heavy atom. The summed E-state index contributed by atoms with van der Waals surface area (Å²) in [5, 5.41) is 6.68. The van der Waals surface area contributed by atoms with Crippen LogP contribution in [0.2, 0.25) is 0 Å². The molecule has 0 atom stereocenters. The molecule has 2 aromatic carbocycles. The van der Waals surface area contributed by atoms with Crippen LogP contribution in [0.25, 0.3) is 22.2 Å². The van der Waals surface area contributed by atoms with Gasteiger partial charge in [-0.3, -0.25) is 9.59 Å². The Morgan fingerprint density at radius 1 is 0.912 bits per heavy atom. The Bertz CT molecular complexity index is 1170. The summed E-state index contributed by atoms with van der Waals surface area (Å²) in [5.41, 5.74) is 2.74. The quantitative estimate of drug-likeness (QED) is 0.487. The molecule has 1 saturated carbocycles. The second kappa shape index (κ2) is 11.0. The molecule has 1 fully saturated rings. The van der Waals surface area contributed by atoms with Crippen LogP contribution in [0.15, 0.2) is 48.5 Å². The average Bonchev–Trinajstić information content (AvgIpc) is 2.90. The van der Waals surface area contributed by atoms with Gasteiger partial charge in [-0.15, -0.1) is 0 Å². The van der Waals surface area contributed by atoms with Crippen LogP contribution < -0.4 is 20.1 Å². The zero-order chi connectivity index (χ0) is 23.9. The van der Waals surface area contributed by atoms with Gasteiger partial charge in [0, 0.05) is 30.0 Å². The molecular formula is C27H31N3O4. The molecule has 0 aliphatic heterocycles. The average molecular weight is 462 g/mol. The first-order valence-corrected chi connectivity index (χ1v) is 11.8. The summed E-state index contributed by atoms with van der Waals surface area (Å²) in [6, 6.07) is 14.9. The normalized spacial score (nSPS) is 13.9. The molecule has 7 nitrogen and oxygen atoms in total. The number of carbonyl (C=O) groups is 2. The molecule has 0 bridgehead atoms. The summed E-state index contributed by atoms with van der Waals surface area (Å²) in [6.07, 6.45) is 5.37. The van der Waals surface area contributed by atoms with E-state index >= 15 is 0 Å². The maximum Gasteiger partial charge on any atom is 0.252 e. The molecule has 3 aromatic rings. The number of rotatable bonds is 8. The molecule has 0 radical (unpaired) electrons. The molecule has 1 aromatic heterocycles. The standard InChI is InChI=1S/C27H31N3O4/c1-33-24-13-12-19(16-25(24)34-2)23-17-21(20-10-6-7-11-22(20)30-23)27(32)29-15-14-28-26(31)18-8-4-3-5-9-18/h6-7,10-13,16-18H,3-5,8-9,14-15H2,1-2H3,(H,28,31)(H,29,32). The van der Waals surface area contributed by atoms with Crippen molar-refractivity contribution in [2.45, 2.75) is 32.1 Å². The fourth-order valence-corrected chi connectivity index (χ4v) is 4.47. The zero-order valence-electron chi connectivity index (χ0n) is 19.7. The van der Waals surface area contributed by atoms with Crippen molar-refractivity contribution in [1.29, 1.82) is 0 Å². The maximum absolute atomic E-state index is 13.1. The predicted octanol–water partition coefficient (Wildman–Crippen LogP) is 4.35. The molecule has 178 valence electrons. The van der Waals surface area contributed by atoms with Crippen molar-refractivity contribution >= 4 is 22.7 Å². The molecule has 0 saturated heterocycles. The van der Waals surface area contributed by atoms with E-state index in [0.29, 0.717) is 35.8 Å². The van der Waals surface area contributed by atoms with E-state index < -0.39 is 0 Å². The van der Waals surface area contributed by atoms with E-state index in [0.717, 1.165) is 42.1 Å². The van der Waals surface area contributed by atoms with Gasteiger partial charge in [-0.1, -0.05) is 37.5 Å². The fourth-order valence-electron chi connectivity index (χ4n) is 4.47. The molecule has 2 N–H and O–H groups in total. The Hall–Kier alpha value is -3.61. The first-order valence-electron chi connectivity index (χ1n) is 11.8. The Kier molecular flexibility index (Phi) is 7.62. The first kappa shape index (κ1) is 23.5. The van der Waals surface area contributed by atoms with Crippen molar-refractivity contribution in [3.05, 3.63) is 54.1 Å². The molecule has 0 unspecified atom stereocenters. The van der Waals surface area contributed by atoms with E-state index in [4.69, 9.17) is 14.5 Å². The van der Waals surface area contributed by atoms with E-state index in [2.05, 4.69) is 10.6 Å². The lowest BCUT2D eigenvalue weighted by molar-refractivity contribution is -0.125. The van der Waals surface area contributed by atoms with Gasteiger partial charge < -0.3 is 20.1 Å².